The van der Waals surface area contributed by atoms with E-state index in [0.717, 1.165) is 0 Å². The summed E-state index contributed by atoms with van der Waals surface area (Å²) in [5.74, 6) is 0. The number of hydrogen-bond acceptors (Lipinski definition) is 0. The Morgan fingerprint density at radius 2 is 0.524 bits per heavy atom. The fourth-order valence-electron chi connectivity index (χ4n) is 4.06. The minimum absolute atomic E-state index is 0. The Kier molecular flexibility index (Phi) is 30.3. The van der Waals surface area contributed by atoms with Gasteiger partial charge in [0, 0.05) is 0 Å². The van der Waals surface area contributed by atoms with Gasteiger partial charge >= 0.3 is 142 Å². The summed E-state index contributed by atoms with van der Waals surface area (Å²) in [6, 6.07) is 0. The van der Waals surface area contributed by atoms with E-state index < -0.39 is 31.9 Å². The van der Waals surface area contributed by atoms with Gasteiger partial charge < -0.3 is 5.48 Å². The van der Waals surface area contributed by atoms with Gasteiger partial charge in [-0.1, -0.05) is 0 Å². The van der Waals surface area contributed by atoms with Crippen LogP contribution in [-0.2, 0) is 31.9 Å². The molecule has 126 valence electrons. The van der Waals surface area contributed by atoms with Crippen molar-refractivity contribution >= 4 is 0 Å². The molecule has 2 N–H and O–H groups in total. The first-order chi connectivity index (χ1) is 9.69. The predicted molar refractivity (Wildman–Crippen MR) is 94.2 cm³/mol. The van der Waals surface area contributed by atoms with Crippen LogP contribution in [0.25, 0.3) is 0 Å². The average Bonchev–Trinajstić information content (AvgIpc) is 2.41. The fourth-order valence-corrected chi connectivity index (χ4v) is 21.1. The van der Waals surface area contributed by atoms with Crippen LogP contribution in [-0.4, -0.2) is 5.48 Å². The molecule has 21 heavy (non-hydrogen) atoms. The molecule has 0 bridgehead atoms. The van der Waals surface area contributed by atoms with Crippen molar-refractivity contribution in [3.05, 3.63) is 0 Å². The Hall–Kier alpha value is 1.21. The van der Waals surface area contributed by atoms with Gasteiger partial charge in [0.2, 0.25) is 0 Å². The maximum absolute atomic E-state index is 2.34. The zero-order valence-electron chi connectivity index (χ0n) is 16.4. The van der Waals surface area contributed by atoms with Crippen LogP contribution in [0.1, 0.15) is 80.1 Å². The molecule has 0 atom stereocenters. The van der Waals surface area contributed by atoms with E-state index in [-0.39, 0.29) is 5.48 Å². The summed E-state index contributed by atoms with van der Waals surface area (Å²) in [6.07, 6.45) is 8.75. The third-order valence-corrected chi connectivity index (χ3v) is 26.6. The van der Waals surface area contributed by atoms with Crippen LogP contribution in [0.2, 0.25) is 30.1 Å². The van der Waals surface area contributed by atoms with Gasteiger partial charge in [-0.25, -0.2) is 0 Å². The van der Waals surface area contributed by atoms with E-state index >= 15 is 0 Å². The molecule has 1 nitrogen and oxygen atoms in total. The minimum Gasteiger partial charge on any atom is -0.412 e. The van der Waals surface area contributed by atoms with Crippen LogP contribution in [0.5, 0.6) is 0 Å². The van der Waals surface area contributed by atoms with Gasteiger partial charge in [0.25, 0.3) is 0 Å². The quantitative estimate of drug-likeness (QED) is 0.303. The first-order valence-corrected chi connectivity index (χ1v) is 22.8. The van der Waals surface area contributed by atoms with Crippen molar-refractivity contribution in [2.45, 2.75) is 110 Å². The second-order valence-corrected chi connectivity index (χ2v) is 25.0. The Bertz CT molecular complexity index is 119. The molecule has 0 aromatic rings. The summed E-state index contributed by atoms with van der Waals surface area (Å²) in [5.41, 5.74) is 0. The summed E-state index contributed by atoms with van der Waals surface area (Å²) >= 11 is -1.73. The maximum atomic E-state index is 2.34. The Balaban J connectivity index is -0.000000295. The molecule has 0 radical (unpaired) electrons. The van der Waals surface area contributed by atoms with Crippen molar-refractivity contribution in [2.24, 2.45) is 0 Å². The van der Waals surface area contributed by atoms with E-state index in [4.69, 9.17) is 0 Å². The molecule has 0 aromatic heterocycles. The molecule has 0 aliphatic heterocycles. The molecule has 0 amide bonds. The summed E-state index contributed by atoms with van der Waals surface area (Å²) in [6.45, 7) is 14.1. The Labute approximate surface area is 147 Å². The monoisotopic (exact) mass is 404 g/mol. The summed E-state index contributed by atoms with van der Waals surface area (Å²) < 4.78 is 0. The van der Waals surface area contributed by atoms with Gasteiger partial charge in [-0.2, -0.15) is 0 Å². The third kappa shape index (κ3) is 21.2. The molecule has 0 saturated carbocycles. The number of hydrogen-bond donors (Lipinski definition) is 0. The molecule has 3 heteroatoms. The molecule has 0 fully saturated rings. The first kappa shape index (κ1) is 27.1. The van der Waals surface area contributed by atoms with Crippen LogP contribution in [0, 0.1) is 0 Å². The number of rotatable bonds is 12. The maximum Gasteiger partial charge on any atom is -0.412 e. The van der Waals surface area contributed by atoms with Crippen molar-refractivity contribution in [3.63, 3.8) is 0 Å². The van der Waals surface area contributed by atoms with E-state index in [1.807, 2.05) is 0 Å². The van der Waals surface area contributed by atoms with Crippen LogP contribution >= 0.6 is 0 Å². The van der Waals surface area contributed by atoms with Crippen LogP contribution < -0.4 is 0 Å². The molecular formula is C18H44OZn2. The fraction of sp³-hybridized carbons (Fsp3) is 1.00. The van der Waals surface area contributed by atoms with Crippen molar-refractivity contribution in [1.82, 2.24) is 0 Å². The zero-order valence-corrected chi connectivity index (χ0v) is 22.3. The standard InChI is InChI=1S/6C3H7.H2O.2Zn/c6*1-3-2;;;/h6*1,3H2,2H3;1H2;;. The molecular weight excluding hydrogens is 363 g/mol. The average molecular weight is 407 g/mol. The van der Waals surface area contributed by atoms with Crippen LogP contribution in [0.4, 0.5) is 0 Å². The van der Waals surface area contributed by atoms with Crippen molar-refractivity contribution in [2.75, 3.05) is 0 Å². The van der Waals surface area contributed by atoms with Gasteiger partial charge in [-0.3, -0.25) is 0 Å². The molecule has 0 aromatic carbocycles. The van der Waals surface area contributed by atoms with Crippen molar-refractivity contribution in [1.29, 1.82) is 0 Å². The van der Waals surface area contributed by atoms with Crippen LogP contribution in [0.3, 0.4) is 0 Å². The minimum atomic E-state index is -0.865. The van der Waals surface area contributed by atoms with E-state index in [2.05, 4.69) is 41.5 Å². The molecule has 0 saturated heterocycles. The Morgan fingerprint density at radius 1 is 0.381 bits per heavy atom. The van der Waals surface area contributed by atoms with Gasteiger partial charge in [0.15, 0.2) is 0 Å². The summed E-state index contributed by atoms with van der Waals surface area (Å²) in [4.78, 5) is 0. The van der Waals surface area contributed by atoms with Crippen LogP contribution in [0.15, 0.2) is 0 Å². The summed E-state index contributed by atoms with van der Waals surface area (Å²) in [5, 5.41) is 9.93. The Morgan fingerprint density at radius 3 is 0.619 bits per heavy atom. The summed E-state index contributed by atoms with van der Waals surface area (Å²) in [7, 11) is 0. The van der Waals surface area contributed by atoms with Crippen molar-refractivity contribution < 1.29 is 37.4 Å². The SMILES string of the molecule is CC[CH2][Zn]([CH2]CC)[CH2]CC.CC[CH2][Zn]([CH2]CC)[CH2]CC.O. The third-order valence-electron chi connectivity index (χ3n) is 5.12. The normalized spacial score (nSPS) is 9.43. The van der Waals surface area contributed by atoms with E-state index in [9.17, 15) is 0 Å². The first-order valence-electron chi connectivity index (χ1n) is 10.2. The predicted octanol–water partition coefficient (Wildman–Crippen LogP) is 7.35. The molecule has 0 aliphatic rings. The van der Waals surface area contributed by atoms with Gasteiger partial charge in [-0.05, 0) is 0 Å². The second kappa shape index (κ2) is 23.5. The van der Waals surface area contributed by atoms with Gasteiger partial charge in [0.05, 0.1) is 0 Å². The molecule has 0 unspecified atom stereocenters. The van der Waals surface area contributed by atoms with E-state index in [0.29, 0.717) is 0 Å². The largest absolute Gasteiger partial charge is 0.412 e. The van der Waals surface area contributed by atoms with Gasteiger partial charge in [0.1, 0.15) is 0 Å². The smallest absolute Gasteiger partial charge is 0.412 e. The topological polar surface area (TPSA) is 31.5 Å². The van der Waals surface area contributed by atoms with E-state index in [1.165, 1.54) is 38.5 Å². The van der Waals surface area contributed by atoms with Gasteiger partial charge in [-0.15, -0.1) is 0 Å². The zero-order chi connectivity index (χ0) is 15.6. The van der Waals surface area contributed by atoms with Crippen molar-refractivity contribution in [3.8, 4) is 0 Å². The molecule has 0 spiro atoms. The molecule has 0 heterocycles. The molecule has 0 rings (SSSR count). The second-order valence-electron chi connectivity index (χ2n) is 7.24. The van der Waals surface area contributed by atoms with E-state index in [1.54, 1.807) is 30.1 Å². The molecule has 0 aliphatic carbocycles.